The van der Waals surface area contributed by atoms with Crippen LogP contribution in [0.1, 0.15) is 25.0 Å². The smallest absolute Gasteiger partial charge is 0.198 e. The van der Waals surface area contributed by atoms with Gasteiger partial charge in [0.15, 0.2) is 16.4 Å². The Kier molecular flexibility index (Phi) is 2.99. The molecule has 7 heteroatoms. The van der Waals surface area contributed by atoms with Crippen LogP contribution in [-0.2, 0) is 0 Å². The Bertz CT molecular complexity index is 585. The van der Waals surface area contributed by atoms with Gasteiger partial charge in [0.1, 0.15) is 5.02 Å². The van der Waals surface area contributed by atoms with Crippen molar-refractivity contribution in [1.82, 2.24) is 20.2 Å². The standard InChI is InChI=1S/C11H11BrClN5/c1-5-2-6(5)8-3-9(18-17-8)15-10-7(13)4-14-11(12)16-10/h3-6H,2H2,1H3,(H2,14,15,16,17,18). The third kappa shape index (κ3) is 2.35. The highest BCUT2D eigenvalue weighted by molar-refractivity contribution is 9.10. The van der Waals surface area contributed by atoms with Crippen molar-refractivity contribution in [3.63, 3.8) is 0 Å². The van der Waals surface area contributed by atoms with E-state index in [1.807, 2.05) is 6.07 Å². The highest BCUT2D eigenvalue weighted by Crippen LogP contribution is 2.46. The molecule has 0 radical (unpaired) electrons. The lowest BCUT2D eigenvalue weighted by Crippen LogP contribution is -1.96. The van der Waals surface area contributed by atoms with Crippen LogP contribution in [0.5, 0.6) is 0 Å². The fourth-order valence-electron chi connectivity index (χ4n) is 1.90. The summed E-state index contributed by atoms with van der Waals surface area (Å²) < 4.78 is 0.487. The topological polar surface area (TPSA) is 66.5 Å². The van der Waals surface area contributed by atoms with E-state index in [9.17, 15) is 0 Å². The fraction of sp³-hybridized carbons (Fsp3) is 0.364. The quantitative estimate of drug-likeness (QED) is 0.847. The first-order valence-corrected chi connectivity index (χ1v) is 6.81. The van der Waals surface area contributed by atoms with Crippen molar-refractivity contribution in [2.45, 2.75) is 19.3 Å². The molecule has 2 heterocycles. The zero-order valence-corrected chi connectivity index (χ0v) is 12.0. The molecule has 0 bridgehead atoms. The minimum absolute atomic E-state index is 0.461. The molecule has 94 valence electrons. The van der Waals surface area contributed by atoms with Gasteiger partial charge in [-0.15, -0.1) is 0 Å². The minimum Gasteiger partial charge on any atom is -0.322 e. The molecule has 0 amide bonds. The first kappa shape index (κ1) is 11.9. The van der Waals surface area contributed by atoms with Crippen molar-refractivity contribution in [3.8, 4) is 0 Å². The summed E-state index contributed by atoms with van der Waals surface area (Å²) in [6.45, 7) is 2.23. The van der Waals surface area contributed by atoms with E-state index in [4.69, 9.17) is 11.6 Å². The molecule has 1 aliphatic carbocycles. The van der Waals surface area contributed by atoms with Gasteiger partial charge in [0, 0.05) is 17.7 Å². The lowest BCUT2D eigenvalue weighted by Gasteiger charge is -2.03. The number of anilines is 2. The Hall–Kier alpha value is -1.14. The van der Waals surface area contributed by atoms with E-state index in [-0.39, 0.29) is 0 Å². The molecule has 0 aromatic carbocycles. The van der Waals surface area contributed by atoms with Gasteiger partial charge in [-0.1, -0.05) is 18.5 Å². The van der Waals surface area contributed by atoms with E-state index in [0.29, 0.717) is 21.5 Å². The van der Waals surface area contributed by atoms with E-state index in [1.54, 1.807) is 0 Å². The monoisotopic (exact) mass is 327 g/mol. The van der Waals surface area contributed by atoms with Gasteiger partial charge in [-0.05, 0) is 28.3 Å². The van der Waals surface area contributed by atoms with E-state index in [1.165, 1.54) is 12.6 Å². The van der Waals surface area contributed by atoms with Crippen LogP contribution in [0.3, 0.4) is 0 Å². The second-order valence-corrected chi connectivity index (χ2v) is 5.61. The zero-order chi connectivity index (χ0) is 12.7. The fourth-order valence-corrected chi connectivity index (χ4v) is 2.32. The summed E-state index contributed by atoms with van der Waals surface area (Å²) in [5.41, 5.74) is 1.16. The Labute approximate surface area is 117 Å². The molecule has 18 heavy (non-hydrogen) atoms. The summed E-state index contributed by atoms with van der Waals surface area (Å²) in [4.78, 5) is 8.10. The molecule has 2 aromatic rings. The van der Waals surface area contributed by atoms with E-state index in [0.717, 1.165) is 17.4 Å². The molecule has 1 aliphatic rings. The van der Waals surface area contributed by atoms with Crippen LogP contribution in [0.2, 0.25) is 5.02 Å². The Morgan fingerprint density at radius 1 is 1.56 bits per heavy atom. The summed E-state index contributed by atoms with van der Waals surface area (Å²) in [7, 11) is 0. The van der Waals surface area contributed by atoms with E-state index in [2.05, 4.69) is 48.3 Å². The van der Waals surface area contributed by atoms with Gasteiger partial charge in [-0.3, -0.25) is 5.10 Å². The van der Waals surface area contributed by atoms with Crippen LogP contribution in [0.4, 0.5) is 11.6 Å². The number of hydrogen-bond acceptors (Lipinski definition) is 4. The number of hydrogen-bond donors (Lipinski definition) is 2. The molecule has 1 fully saturated rings. The summed E-state index contributed by atoms with van der Waals surface area (Å²) in [6, 6.07) is 2.00. The van der Waals surface area contributed by atoms with Gasteiger partial charge in [0.05, 0.1) is 6.20 Å². The Morgan fingerprint density at radius 2 is 2.33 bits per heavy atom. The van der Waals surface area contributed by atoms with Gasteiger partial charge in [-0.2, -0.15) is 5.10 Å². The van der Waals surface area contributed by atoms with Gasteiger partial charge in [0.25, 0.3) is 0 Å². The molecule has 0 saturated heterocycles. The molecular formula is C11H11BrClN5. The SMILES string of the molecule is CC1CC1c1cc(Nc2nc(Br)ncc2Cl)n[nH]1. The predicted molar refractivity (Wildman–Crippen MR) is 73.1 cm³/mol. The molecule has 2 aromatic heterocycles. The molecule has 2 N–H and O–H groups in total. The highest BCUT2D eigenvalue weighted by Gasteiger charge is 2.35. The summed E-state index contributed by atoms with van der Waals surface area (Å²) in [5.74, 6) is 2.62. The zero-order valence-electron chi connectivity index (χ0n) is 9.61. The number of nitrogens with one attached hydrogen (secondary N) is 2. The van der Waals surface area contributed by atoms with E-state index < -0.39 is 0 Å². The van der Waals surface area contributed by atoms with Gasteiger partial charge in [-0.25, -0.2) is 9.97 Å². The van der Waals surface area contributed by atoms with Gasteiger partial charge >= 0.3 is 0 Å². The highest BCUT2D eigenvalue weighted by atomic mass is 79.9. The Balaban J connectivity index is 1.79. The third-order valence-corrected chi connectivity index (χ3v) is 3.73. The van der Waals surface area contributed by atoms with Crippen molar-refractivity contribution in [2.24, 2.45) is 5.92 Å². The summed E-state index contributed by atoms with van der Waals surface area (Å²) in [5, 5.41) is 10.8. The molecule has 1 saturated carbocycles. The lowest BCUT2D eigenvalue weighted by atomic mass is 10.2. The van der Waals surface area contributed by atoms with E-state index >= 15 is 0 Å². The molecular weight excluding hydrogens is 318 g/mol. The number of halogens is 2. The average molecular weight is 329 g/mol. The van der Waals surface area contributed by atoms with Crippen LogP contribution < -0.4 is 5.32 Å². The first-order valence-electron chi connectivity index (χ1n) is 5.64. The second kappa shape index (κ2) is 4.51. The minimum atomic E-state index is 0.461. The van der Waals surface area contributed by atoms with Crippen LogP contribution in [0.15, 0.2) is 17.0 Å². The number of rotatable bonds is 3. The second-order valence-electron chi connectivity index (χ2n) is 4.49. The maximum Gasteiger partial charge on any atom is 0.198 e. The Morgan fingerprint density at radius 3 is 3.06 bits per heavy atom. The molecule has 0 aliphatic heterocycles. The van der Waals surface area contributed by atoms with Crippen molar-refractivity contribution in [3.05, 3.63) is 27.7 Å². The maximum atomic E-state index is 6.00. The van der Waals surface area contributed by atoms with Crippen LogP contribution >= 0.6 is 27.5 Å². The number of nitrogens with zero attached hydrogens (tertiary/aromatic N) is 3. The number of aromatic amines is 1. The summed E-state index contributed by atoms with van der Waals surface area (Å²) >= 11 is 9.21. The molecule has 2 atom stereocenters. The normalized spacial score (nSPS) is 21.9. The molecule has 3 rings (SSSR count). The van der Waals surface area contributed by atoms with Crippen LogP contribution in [0, 0.1) is 5.92 Å². The maximum absolute atomic E-state index is 6.00. The summed E-state index contributed by atoms with van der Waals surface area (Å²) in [6.07, 6.45) is 2.76. The first-order chi connectivity index (χ1) is 8.63. The molecule has 2 unspecified atom stereocenters. The predicted octanol–water partition coefficient (Wildman–Crippen LogP) is 3.48. The van der Waals surface area contributed by atoms with Gasteiger partial charge < -0.3 is 5.32 Å². The number of aromatic nitrogens is 4. The molecule has 5 nitrogen and oxygen atoms in total. The van der Waals surface area contributed by atoms with Gasteiger partial charge in [0.2, 0.25) is 0 Å². The van der Waals surface area contributed by atoms with Crippen molar-refractivity contribution >= 4 is 39.2 Å². The largest absolute Gasteiger partial charge is 0.322 e. The van der Waals surface area contributed by atoms with Crippen molar-refractivity contribution < 1.29 is 0 Å². The van der Waals surface area contributed by atoms with Crippen molar-refractivity contribution in [1.29, 1.82) is 0 Å². The lowest BCUT2D eigenvalue weighted by molar-refractivity contribution is 0.872. The van der Waals surface area contributed by atoms with Crippen LogP contribution in [-0.4, -0.2) is 20.2 Å². The third-order valence-electron chi connectivity index (χ3n) is 3.07. The van der Waals surface area contributed by atoms with Crippen molar-refractivity contribution in [2.75, 3.05) is 5.32 Å². The molecule has 0 spiro atoms. The van der Waals surface area contributed by atoms with Crippen LogP contribution in [0.25, 0.3) is 0 Å². The number of H-pyrrole nitrogens is 1. The average Bonchev–Trinajstić information content (AvgIpc) is 2.88.